The fraction of sp³-hybridized carbons (Fsp3) is 1.00. The molecule has 0 saturated heterocycles. The first-order valence-electron chi connectivity index (χ1n) is 7.75. The molecule has 0 aliphatic heterocycles. The van der Waals surface area contributed by atoms with Crippen molar-refractivity contribution in [2.45, 2.75) is 76.8 Å². The van der Waals surface area contributed by atoms with Crippen molar-refractivity contribution in [3.8, 4) is 0 Å². The Hall–Kier alpha value is 0.137. The zero-order chi connectivity index (χ0) is 13.4. The lowest BCUT2D eigenvalue weighted by molar-refractivity contribution is 0.226. The van der Waals surface area contributed by atoms with E-state index in [9.17, 15) is 0 Å². The van der Waals surface area contributed by atoms with Gasteiger partial charge in [-0.05, 0) is 24.8 Å². The molecule has 0 unspecified atom stereocenters. The molecule has 1 saturated carbocycles. The summed E-state index contributed by atoms with van der Waals surface area (Å²) in [6.07, 6.45) is 10.8. The minimum atomic E-state index is -1.89. The molecule has 108 valence electrons. The lowest BCUT2D eigenvalue weighted by Crippen LogP contribution is -2.44. The molecule has 1 fully saturated rings. The Balaban J connectivity index is 2.32. The third kappa shape index (κ3) is 4.67. The summed E-state index contributed by atoms with van der Waals surface area (Å²) in [7, 11) is 1.87. The van der Waals surface area contributed by atoms with Gasteiger partial charge in [-0.1, -0.05) is 52.4 Å². The highest BCUT2D eigenvalue weighted by molar-refractivity contribution is 6.69. The van der Waals surface area contributed by atoms with E-state index in [2.05, 4.69) is 13.8 Å². The highest BCUT2D eigenvalue weighted by Crippen LogP contribution is 2.41. The van der Waals surface area contributed by atoms with Crippen molar-refractivity contribution in [3.05, 3.63) is 0 Å². The Bertz CT molecular complexity index is 209. The third-order valence-electron chi connectivity index (χ3n) is 4.47. The molecule has 0 radical (unpaired) electrons. The van der Waals surface area contributed by atoms with Crippen molar-refractivity contribution in [3.63, 3.8) is 0 Å². The number of rotatable bonds is 9. The van der Waals surface area contributed by atoms with Gasteiger partial charge in [-0.3, -0.25) is 0 Å². The molecule has 0 bridgehead atoms. The quantitative estimate of drug-likeness (QED) is 0.440. The van der Waals surface area contributed by atoms with E-state index >= 15 is 0 Å². The second-order valence-corrected chi connectivity index (χ2v) is 9.95. The largest absolute Gasteiger partial charge is 0.397 e. The van der Waals surface area contributed by atoms with Gasteiger partial charge < -0.3 is 8.85 Å². The monoisotopic (exact) mass is 272 g/mol. The maximum Gasteiger partial charge on any atom is 0.340 e. The van der Waals surface area contributed by atoms with Crippen LogP contribution in [0.25, 0.3) is 0 Å². The van der Waals surface area contributed by atoms with Crippen LogP contribution in [-0.2, 0) is 8.85 Å². The van der Waals surface area contributed by atoms with Crippen LogP contribution >= 0.6 is 0 Å². The average Bonchev–Trinajstić information content (AvgIpc) is 2.88. The maximum absolute atomic E-state index is 5.92. The zero-order valence-electron chi connectivity index (χ0n) is 12.8. The van der Waals surface area contributed by atoms with Crippen molar-refractivity contribution < 1.29 is 8.85 Å². The molecule has 1 aliphatic rings. The summed E-state index contributed by atoms with van der Waals surface area (Å²) in [5, 5.41) is 0. The Morgan fingerprint density at radius 1 is 1.00 bits per heavy atom. The molecule has 0 aromatic carbocycles. The van der Waals surface area contributed by atoms with E-state index in [0.717, 1.165) is 11.5 Å². The fourth-order valence-electron chi connectivity index (χ4n) is 3.29. The summed E-state index contributed by atoms with van der Waals surface area (Å²) in [4.78, 5) is 0. The molecule has 0 spiro atoms. The van der Waals surface area contributed by atoms with Gasteiger partial charge in [0.2, 0.25) is 0 Å². The van der Waals surface area contributed by atoms with Crippen LogP contribution in [-0.4, -0.2) is 22.8 Å². The lowest BCUT2D eigenvalue weighted by atomic mass is 10.1. The summed E-state index contributed by atoms with van der Waals surface area (Å²) in [6, 6.07) is 1.20. The highest BCUT2D eigenvalue weighted by Gasteiger charge is 2.44. The van der Waals surface area contributed by atoms with E-state index < -0.39 is 8.56 Å². The summed E-state index contributed by atoms with van der Waals surface area (Å²) in [5.41, 5.74) is 0.748. The first kappa shape index (κ1) is 16.2. The second-order valence-electron chi connectivity index (χ2n) is 6.19. The molecule has 3 heteroatoms. The summed E-state index contributed by atoms with van der Waals surface area (Å²) >= 11 is 0. The zero-order valence-corrected chi connectivity index (χ0v) is 13.8. The van der Waals surface area contributed by atoms with E-state index in [4.69, 9.17) is 8.85 Å². The Morgan fingerprint density at radius 3 is 2.11 bits per heavy atom. The molecule has 2 nitrogen and oxygen atoms in total. The Morgan fingerprint density at radius 2 is 1.61 bits per heavy atom. The molecule has 0 atom stereocenters. The normalized spacial score (nSPS) is 17.8. The molecule has 1 aliphatic carbocycles. The SMILES string of the molecule is CO[Si](CCCCCC(C)C)(OC)C1CCCC1. The standard InChI is InChI=1S/C15H32O2Si/c1-14(2)10-6-5-9-13-18(16-3,17-4)15-11-7-8-12-15/h14-15H,5-13H2,1-4H3. The van der Waals surface area contributed by atoms with Gasteiger partial charge in [0.15, 0.2) is 0 Å². The van der Waals surface area contributed by atoms with Gasteiger partial charge in [0.1, 0.15) is 0 Å². The second kappa shape index (κ2) is 8.34. The van der Waals surface area contributed by atoms with Crippen molar-refractivity contribution >= 4 is 8.56 Å². The topological polar surface area (TPSA) is 18.5 Å². The summed E-state index contributed by atoms with van der Waals surface area (Å²) in [6.45, 7) is 4.61. The molecule has 0 aromatic rings. The minimum absolute atomic E-state index is 0.748. The fourth-order valence-corrected chi connectivity index (χ4v) is 6.97. The molecule has 1 rings (SSSR count). The van der Waals surface area contributed by atoms with Crippen LogP contribution in [0.2, 0.25) is 11.6 Å². The summed E-state index contributed by atoms with van der Waals surface area (Å²) in [5.74, 6) is 0.840. The van der Waals surface area contributed by atoms with E-state index in [1.807, 2.05) is 14.2 Å². The predicted molar refractivity (Wildman–Crippen MR) is 80.1 cm³/mol. The molecule has 0 heterocycles. The van der Waals surface area contributed by atoms with Crippen LogP contribution in [0, 0.1) is 5.92 Å². The molecule has 0 aromatic heterocycles. The van der Waals surface area contributed by atoms with E-state index in [-0.39, 0.29) is 0 Å². The Labute approximate surface area is 115 Å². The molecule has 0 N–H and O–H groups in total. The van der Waals surface area contributed by atoms with Crippen LogP contribution in [0.15, 0.2) is 0 Å². The predicted octanol–water partition coefficient (Wildman–Crippen LogP) is 4.88. The van der Waals surface area contributed by atoms with Gasteiger partial charge in [0.05, 0.1) is 0 Å². The van der Waals surface area contributed by atoms with Crippen molar-refractivity contribution in [1.29, 1.82) is 0 Å². The average molecular weight is 273 g/mol. The van der Waals surface area contributed by atoms with Gasteiger partial charge in [-0.15, -0.1) is 0 Å². The highest BCUT2D eigenvalue weighted by atomic mass is 28.4. The van der Waals surface area contributed by atoms with Gasteiger partial charge in [0.25, 0.3) is 0 Å². The first-order chi connectivity index (χ1) is 8.64. The third-order valence-corrected chi connectivity index (χ3v) is 8.73. The van der Waals surface area contributed by atoms with Crippen LogP contribution in [0.1, 0.15) is 65.2 Å². The van der Waals surface area contributed by atoms with E-state index in [1.165, 1.54) is 57.4 Å². The van der Waals surface area contributed by atoms with Crippen molar-refractivity contribution in [1.82, 2.24) is 0 Å². The first-order valence-corrected chi connectivity index (χ1v) is 9.85. The Kier molecular flexibility index (Phi) is 7.50. The smallest absolute Gasteiger partial charge is 0.340 e. The summed E-state index contributed by atoms with van der Waals surface area (Å²) < 4.78 is 11.8. The minimum Gasteiger partial charge on any atom is -0.397 e. The maximum atomic E-state index is 5.92. The van der Waals surface area contributed by atoms with Crippen LogP contribution < -0.4 is 0 Å². The number of hydrogen-bond donors (Lipinski definition) is 0. The van der Waals surface area contributed by atoms with Crippen molar-refractivity contribution in [2.75, 3.05) is 14.2 Å². The molecule has 0 amide bonds. The van der Waals surface area contributed by atoms with Gasteiger partial charge in [-0.25, -0.2) is 0 Å². The van der Waals surface area contributed by atoms with Crippen LogP contribution in [0.5, 0.6) is 0 Å². The van der Waals surface area contributed by atoms with Crippen molar-refractivity contribution in [2.24, 2.45) is 5.92 Å². The molecular formula is C15H32O2Si. The van der Waals surface area contributed by atoms with Gasteiger partial charge in [-0.2, -0.15) is 0 Å². The molecular weight excluding hydrogens is 240 g/mol. The molecule has 18 heavy (non-hydrogen) atoms. The van der Waals surface area contributed by atoms with Crippen LogP contribution in [0.3, 0.4) is 0 Å². The van der Waals surface area contributed by atoms with Gasteiger partial charge in [0, 0.05) is 19.8 Å². The number of unbranched alkanes of at least 4 members (excludes halogenated alkanes) is 2. The van der Waals surface area contributed by atoms with Gasteiger partial charge >= 0.3 is 8.56 Å². The van der Waals surface area contributed by atoms with Crippen LogP contribution in [0.4, 0.5) is 0 Å². The van der Waals surface area contributed by atoms with E-state index in [0.29, 0.717) is 0 Å². The lowest BCUT2D eigenvalue weighted by Gasteiger charge is -2.33. The van der Waals surface area contributed by atoms with E-state index in [1.54, 1.807) is 0 Å². The number of hydrogen-bond acceptors (Lipinski definition) is 2.